The van der Waals surface area contributed by atoms with Gasteiger partial charge in [-0.2, -0.15) is 0 Å². The molecule has 1 saturated heterocycles. The molecule has 2 heterocycles. The van der Waals surface area contributed by atoms with Gasteiger partial charge in [0, 0.05) is 31.9 Å². The lowest BCUT2D eigenvalue weighted by molar-refractivity contribution is 0.0634. The van der Waals surface area contributed by atoms with E-state index in [1.165, 1.54) is 13.2 Å². The molecular formula is C13H17FN2O2. The summed E-state index contributed by atoms with van der Waals surface area (Å²) >= 11 is 0. The van der Waals surface area contributed by atoms with Crippen LogP contribution in [-0.4, -0.2) is 32.4 Å². The summed E-state index contributed by atoms with van der Waals surface area (Å²) in [6, 6.07) is 3.20. The molecule has 2 N–H and O–H groups in total. The van der Waals surface area contributed by atoms with E-state index in [9.17, 15) is 4.39 Å². The van der Waals surface area contributed by atoms with E-state index in [0.717, 1.165) is 44.0 Å². The molecule has 5 heteroatoms. The van der Waals surface area contributed by atoms with Gasteiger partial charge in [0.2, 0.25) is 0 Å². The summed E-state index contributed by atoms with van der Waals surface area (Å²) in [6.45, 7) is 2.33. The van der Waals surface area contributed by atoms with Crippen LogP contribution in [0, 0.1) is 5.82 Å². The lowest BCUT2D eigenvalue weighted by Gasteiger charge is -2.43. The molecule has 1 spiro atoms. The molecule has 0 aromatic heterocycles. The van der Waals surface area contributed by atoms with E-state index in [4.69, 9.17) is 9.47 Å². The summed E-state index contributed by atoms with van der Waals surface area (Å²) in [7, 11) is 1.48. The highest BCUT2D eigenvalue weighted by Gasteiger charge is 2.36. The molecule has 18 heavy (non-hydrogen) atoms. The molecule has 1 aromatic rings. The molecule has 98 valence electrons. The summed E-state index contributed by atoms with van der Waals surface area (Å²) in [5, 5.41) is 6.83. The molecular weight excluding hydrogens is 235 g/mol. The molecule has 4 nitrogen and oxygen atoms in total. The third kappa shape index (κ3) is 1.88. The van der Waals surface area contributed by atoms with Crippen molar-refractivity contribution in [3.63, 3.8) is 0 Å². The summed E-state index contributed by atoms with van der Waals surface area (Å²) in [5.41, 5.74) is 1.72. The fourth-order valence-electron chi connectivity index (χ4n) is 2.62. The standard InChI is InChI=1S/C13H17FN2O2/c1-17-12-7-11-10(6-9(12)14)15-8-13(16-11)2-4-18-5-3-13/h6-7,15-16H,2-5,8H2,1H3. The normalized spacial score (nSPS) is 20.8. The summed E-state index contributed by atoms with van der Waals surface area (Å²) in [4.78, 5) is 0. The van der Waals surface area contributed by atoms with Crippen LogP contribution in [0.5, 0.6) is 5.75 Å². The van der Waals surface area contributed by atoms with Crippen LogP contribution in [-0.2, 0) is 4.74 Å². The first-order valence-electron chi connectivity index (χ1n) is 6.20. The first-order valence-corrected chi connectivity index (χ1v) is 6.20. The second-order valence-electron chi connectivity index (χ2n) is 4.90. The Labute approximate surface area is 105 Å². The van der Waals surface area contributed by atoms with E-state index in [0.29, 0.717) is 0 Å². The lowest BCUT2D eigenvalue weighted by atomic mass is 9.87. The second-order valence-corrected chi connectivity index (χ2v) is 4.90. The Morgan fingerprint density at radius 2 is 2.06 bits per heavy atom. The van der Waals surface area contributed by atoms with Crippen LogP contribution in [0.1, 0.15) is 12.8 Å². The van der Waals surface area contributed by atoms with Gasteiger partial charge in [0.05, 0.1) is 24.0 Å². The molecule has 0 radical (unpaired) electrons. The Bertz CT molecular complexity index is 459. The maximum atomic E-state index is 13.6. The Morgan fingerprint density at radius 3 is 2.78 bits per heavy atom. The molecule has 2 aliphatic rings. The highest BCUT2D eigenvalue weighted by atomic mass is 19.1. The van der Waals surface area contributed by atoms with Crippen molar-refractivity contribution >= 4 is 11.4 Å². The van der Waals surface area contributed by atoms with Gasteiger partial charge in [0.15, 0.2) is 11.6 Å². The minimum absolute atomic E-state index is 0.0219. The third-order valence-corrected chi connectivity index (χ3v) is 3.76. The van der Waals surface area contributed by atoms with Crippen LogP contribution in [0.15, 0.2) is 12.1 Å². The van der Waals surface area contributed by atoms with E-state index >= 15 is 0 Å². The van der Waals surface area contributed by atoms with Gasteiger partial charge in [-0.3, -0.25) is 0 Å². The third-order valence-electron chi connectivity index (χ3n) is 3.76. The minimum Gasteiger partial charge on any atom is -0.494 e. The predicted octanol–water partition coefficient (Wildman–Crippen LogP) is 2.22. The average Bonchev–Trinajstić information content (AvgIpc) is 2.40. The number of ether oxygens (including phenoxy) is 2. The lowest BCUT2D eigenvalue weighted by Crippen LogP contribution is -2.51. The van der Waals surface area contributed by atoms with Gasteiger partial charge in [-0.25, -0.2) is 4.39 Å². The summed E-state index contributed by atoms with van der Waals surface area (Å²) in [5.74, 6) is -0.0689. The number of halogens is 1. The monoisotopic (exact) mass is 252 g/mol. The first-order chi connectivity index (χ1) is 8.72. The molecule has 0 aliphatic carbocycles. The van der Waals surface area contributed by atoms with Gasteiger partial charge >= 0.3 is 0 Å². The van der Waals surface area contributed by atoms with Gasteiger partial charge < -0.3 is 20.1 Å². The first kappa shape index (κ1) is 11.6. The molecule has 3 rings (SSSR count). The van der Waals surface area contributed by atoms with Crippen molar-refractivity contribution in [2.24, 2.45) is 0 Å². The molecule has 1 fully saturated rings. The van der Waals surface area contributed by atoms with Gasteiger partial charge in [0.25, 0.3) is 0 Å². The van der Waals surface area contributed by atoms with Crippen LogP contribution in [0.3, 0.4) is 0 Å². The number of hydrogen-bond acceptors (Lipinski definition) is 4. The van der Waals surface area contributed by atoms with E-state index in [2.05, 4.69) is 10.6 Å². The van der Waals surface area contributed by atoms with Crippen LogP contribution in [0.4, 0.5) is 15.8 Å². The quantitative estimate of drug-likeness (QED) is 0.804. The van der Waals surface area contributed by atoms with Crippen molar-refractivity contribution in [2.75, 3.05) is 37.5 Å². The molecule has 0 bridgehead atoms. The topological polar surface area (TPSA) is 42.5 Å². The fourth-order valence-corrected chi connectivity index (χ4v) is 2.62. The zero-order valence-corrected chi connectivity index (χ0v) is 10.4. The molecule has 0 saturated carbocycles. The van der Waals surface area contributed by atoms with Gasteiger partial charge in [-0.1, -0.05) is 0 Å². The highest BCUT2D eigenvalue weighted by molar-refractivity contribution is 5.74. The van der Waals surface area contributed by atoms with Gasteiger partial charge in [-0.05, 0) is 12.8 Å². The zero-order chi connectivity index (χ0) is 12.6. The smallest absolute Gasteiger partial charge is 0.167 e. The number of hydrogen-bond donors (Lipinski definition) is 2. The van der Waals surface area contributed by atoms with Crippen molar-refractivity contribution in [1.29, 1.82) is 0 Å². The van der Waals surface area contributed by atoms with Crippen molar-refractivity contribution < 1.29 is 13.9 Å². The number of benzene rings is 1. The van der Waals surface area contributed by atoms with E-state index in [1.807, 2.05) is 0 Å². The molecule has 1 aromatic carbocycles. The Morgan fingerprint density at radius 1 is 1.28 bits per heavy atom. The zero-order valence-electron chi connectivity index (χ0n) is 10.4. The van der Waals surface area contributed by atoms with Gasteiger partial charge in [-0.15, -0.1) is 0 Å². The predicted molar refractivity (Wildman–Crippen MR) is 67.8 cm³/mol. The summed E-state index contributed by atoms with van der Waals surface area (Å²) < 4.78 is 24.0. The SMILES string of the molecule is COc1cc2c(cc1F)NCC1(CCOCC1)N2. The minimum atomic E-state index is -0.339. The van der Waals surface area contributed by atoms with E-state index < -0.39 is 0 Å². The van der Waals surface area contributed by atoms with Crippen LogP contribution in [0.25, 0.3) is 0 Å². The number of nitrogens with one attached hydrogen (secondary N) is 2. The van der Waals surface area contributed by atoms with Crippen molar-refractivity contribution in [3.05, 3.63) is 17.9 Å². The molecule has 0 atom stereocenters. The molecule has 0 amide bonds. The number of anilines is 2. The summed E-state index contributed by atoms with van der Waals surface area (Å²) in [6.07, 6.45) is 1.91. The van der Waals surface area contributed by atoms with Crippen molar-refractivity contribution in [2.45, 2.75) is 18.4 Å². The average molecular weight is 252 g/mol. The van der Waals surface area contributed by atoms with Crippen LogP contribution in [0.2, 0.25) is 0 Å². The molecule has 0 unspecified atom stereocenters. The van der Waals surface area contributed by atoms with E-state index in [1.54, 1.807) is 6.07 Å². The number of fused-ring (bicyclic) bond motifs is 1. The van der Waals surface area contributed by atoms with Crippen LogP contribution < -0.4 is 15.4 Å². The Balaban J connectivity index is 1.91. The van der Waals surface area contributed by atoms with Gasteiger partial charge in [0.1, 0.15) is 0 Å². The van der Waals surface area contributed by atoms with E-state index in [-0.39, 0.29) is 17.1 Å². The van der Waals surface area contributed by atoms with Crippen molar-refractivity contribution in [1.82, 2.24) is 0 Å². The number of rotatable bonds is 1. The number of methoxy groups -OCH3 is 1. The largest absolute Gasteiger partial charge is 0.494 e. The maximum absolute atomic E-state index is 13.6. The maximum Gasteiger partial charge on any atom is 0.167 e. The highest BCUT2D eigenvalue weighted by Crippen LogP contribution is 2.38. The Kier molecular flexibility index (Phi) is 2.78. The second kappa shape index (κ2) is 4.31. The molecule has 2 aliphatic heterocycles. The fraction of sp³-hybridized carbons (Fsp3) is 0.538. The van der Waals surface area contributed by atoms with Crippen LogP contribution >= 0.6 is 0 Å². The Hall–Kier alpha value is -1.49. The van der Waals surface area contributed by atoms with Crippen molar-refractivity contribution in [3.8, 4) is 5.75 Å².